The van der Waals surface area contributed by atoms with E-state index in [1.165, 1.54) is 0 Å². The van der Waals surface area contributed by atoms with Gasteiger partial charge in [-0.25, -0.2) is 0 Å². The fraction of sp³-hybridized carbons (Fsp3) is 0.300. The van der Waals surface area contributed by atoms with Crippen LogP contribution < -0.4 is 5.73 Å². The van der Waals surface area contributed by atoms with Crippen LogP contribution in [0.5, 0.6) is 5.75 Å². The highest BCUT2D eigenvalue weighted by molar-refractivity contribution is 5.81. The smallest absolute Gasteiger partial charge is 0.116 e. The molecular weight excluding hydrogens is 164 g/mol. The molecule has 3 heteroatoms. The van der Waals surface area contributed by atoms with Crippen LogP contribution in [0, 0.1) is 0 Å². The van der Waals surface area contributed by atoms with Crippen LogP contribution in [0.2, 0.25) is 0 Å². The van der Waals surface area contributed by atoms with Gasteiger partial charge in [-0.15, -0.1) is 0 Å². The second kappa shape index (κ2) is 3.18. The molecule has 0 aliphatic carbocycles. The van der Waals surface area contributed by atoms with E-state index < -0.39 is 0 Å². The number of aromatic hydroxyl groups is 1. The molecule has 0 amide bonds. The molecule has 3 nitrogen and oxygen atoms in total. The number of hydrogen-bond donors (Lipinski definition) is 2. The Morgan fingerprint density at radius 2 is 2.31 bits per heavy atom. The maximum Gasteiger partial charge on any atom is 0.116 e. The fourth-order valence-corrected chi connectivity index (χ4v) is 1.62. The van der Waals surface area contributed by atoms with E-state index in [9.17, 15) is 5.11 Å². The summed E-state index contributed by atoms with van der Waals surface area (Å²) in [6, 6.07) is 5.25. The summed E-state index contributed by atoms with van der Waals surface area (Å²) in [4.78, 5) is 4.25. The van der Waals surface area contributed by atoms with Gasteiger partial charge in [0.25, 0.3) is 0 Å². The number of rotatable bonds is 2. The molecule has 1 aromatic rings. The lowest BCUT2D eigenvalue weighted by atomic mass is 9.98. The Morgan fingerprint density at radius 1 is 1.46 bits per heavy atom. The van der Waals surface area contributed by atoms with Crippen molar-refractivity contribution in [1.82, 2.24) is 0 Å². The van der Waals surface area contributed by atoms with Crippen LogP contribution in [0.15, 0.2) is 23.2 Å². The minimum Gasteiger partial charge on any atom is -0.508 e. The van der Waals surface area contributed by atoms with Crippen LogP contribution in [0.25, 0.3) is 0 Å². The van der Waals surface area contributed by atoms with Crippen molar-refractivity contribution in [3.63, 3.8) is 0 Å². The molecule has 1 heterocycles. The van der Waals surface area contributed by atoms with E-state index in [1.54, 1.807) is 12.1 Å². The topological polar surface area (TPSA) is 58.6 Å². The van der Waals surface area contributed by atoms with E-state index in [-0.39, 0.29) is 5.92 Å². The van der Waals surface area contributed by atoms with E-state index in [0.717, 1.165) is 17.7 Å². The maximum atomic E-state index is 9.30. The summed E-state index contributed by atoms with van der Waals surface area (Å²) in [5.74, 6) is 0.582. The van der Waals surface area contributed by atoms with Gasteiger partial charge in [0.1, 0.15) is 5.75 Å². The zero-order chi connectivity index (χ0) is 9.26. The molecule has 13 heavy (non-hydrogen) atoms. The molecular formula is C10H12N2O. The molecule has 1 aliphatic heterocycles. The summed E-state index contributed by atoms with van der Waals surface area (Å²) in [5.41, 5.74) is 7.52. The zero-order valence-electron chi connectivity index (χ0n) is 7.27. The van der Waals surface area contributed by atoms with Gasteiger partial charge in [-0.1, -0.05) is 0 Å². The van der Waals surface area contributed by atoms with Crippen molar-refractivity contribution >= 4 is 11.9 Å². The SMILES string of the molecule is NCCC1C=Nc2ccc(O)cc21. The van der Waals surface area contributed by atoms with E-state index in [4.69, 9.17) is 5.73 Å². The van der Waals surface area contributed by atoms with Crippen molar-refractivity contribution < 1.29 is 5.11 Å². The summed E-state index contributed by atoms with van der Waals surface area (Å²) >= 11 is 0. The number of hydrogen-bond acceptors (Lipinski definition) is 3. The van der Waals surface area contributed by atoms with Crippen LogP contribution in [-0.4, -0.2) is 17.9 Å². The van der Waals surface area contributed by atoms with Gasteiger partial charge in [-0.2, -0.15) is 0 Å². The first kappa shape index (κ1) is 8.26. The lowest BCUT2D eigenvalue weighted by Crippen LogP contribution is -2.06. The summed E-state index contributed by atoms with van der Waals surface area (Å²) in [7, 11) is 0. The third kappa shape index (κ3) is 1.42. The lowest BCUT2D eigenvalue weighted by Gasteiger charge is -2.07. The Kier molecular flexibility index (Phi) is 2.02. The predicted molar refractivity (Wildman–Crippen MR) is 52.7 cm³/mol. The molecule has 2 rings (SSSR count). The first-order chi connectivity index (χ1) is 6.31. The first-order valence-electron chi connectivity index (χ1n) is 4.38. The maximum absolute atomic E-state index is 9.30. The van der Waals surface area contributed by atoms with Crippen molar-refractivity contribution in [3.05, 3.63) is 23.8 Å². The highest BCUT2D eigenvalue weighted by Crippen LogP contribution is 2.35. The first-order valence-corrected chi connectivity index (χ1v) is 4.38. The number of phenols is 1. The standard InChI is InChI=1S/C10H12N2O/c11-4-3-7-6-12-10-2-1-8(13)5-9(7)10/h1-2,5-7,13H,3-4,11H2. The average Bonchev–Trinajstić information content (AvgIpc) is 2.49. The molecule has 0 saturated heterocycles. The molecule has 0 radical (unpaired) electrons. The van der Waals surface area contributed by atoms with Gasteiger partial charge in [0.2, 0.25) is 0 Å². The Bertz CT molecular complexity index is 347. The van der Waals surface area contributed by atoms with Crippen molar-refractivity contribution in [2.24, 2.45) is 10.7 Å². The van der Waals surface area contributed by atoms with Gasteiger partial charge >= 0.3 is 0 Å². The number of phenolic OH excluding ortho intramolecular Hbond substituents is 1. The fourth-order valence-electron chi connectivity index (χ4n) is 1.62. The molecule has 0 aromatic heterocycles. The van der Waals surface area contributed by atoms with E-state index in [2.05, 4.69) is 4.99 Å². The van der Waals surface area contributed by atoms with Crippen LogP contribution in [-0.2, 0) is 0 Å². The van der Waals surface area contributed by atoms with Gasteiger partial charge in [-0.05, 0) is 36.7 Å². The molecule has 68 valence electrons. The van der Waals surface area contributed by atoms with Gasteiger partial charge in [0, 0.05) is 12.1 Å². The highest BCUT2D eigenvalue weighted by atomic mass is 16.3. The summed E-state index contributed by atoms with van der Waals surface area (Å²) in [6.07, 6.45) is 2.79. The Balaban J connectivity index is 2.34. The quantitative estimate of drug-likeness (QED) is 0.718. The summed E-state index contributed by atoms with van der Waals surface area (Å²) < 4.78 is 0. The average molecular weight is 176 g/mol. The second-order valence-corrected chi connectivity index (χ2v) is 3.21. The molecule has 1 aromatic carbocycles. The van der Waals surface area contributed by atoms with Crippen LogP contribution in [0.3, 0.4) is 0 Å². The molecule has 0 bridgehead atoms. The Morgan fingerprint density at radius 3 is 3.08 bits per heavy atom. The highest BCUT2D eigenvalue weighted by Gasteiger charge is 2.17. The molecule has 1 atom stereocenters. The summed E-state index contributed by atoms with van der Waals surface area (Å²) in [5, 5.41) is 9.30. The van der Waals surface area contributed by atoms with E-state index in [0.29, 0.717) is 12.3 Å². The third-order valence-corrected chi connectivity index (χ3v) is 2.28. The third-order valence-electron chi connectivity index (χ3n) is 2.28. The van der Waals surface area contributed by atoms with Gasteiger partial charge < -0.3 is 10.8 Å². The largest absolute Gasteiger partial charge is 0.508 e. The second-order valence-electron chi connectivity index (χ2n) is 3.21. The van der Waals surface area contributed by atoms with Crippen molar-refractivity contribution in [2.75, 3.05) is 6.54 Å². The van der Waals surface area contributed by atoms with Crippen LogP contribution in [0.1, 0.15) is 17.9 Å². The predicted octanol–water partition coefficient (Wildman–Crippen LogP) is 1.54. The van der Waals surface area contributed by atoms with Crippen molar-refractivity contribution in [1.29, 1.82) is 0 Å². The lowest BCUT2D eigenvalue weighted by molar-refractivity contribution is 0.474. The molecule has 0 fully saturated rings. The Labute approximate surface area is 76.9 Å². The monoisotopic (exact) mass is 176 g/mol. The van der Waals surface area contributed by atoms with Crippen LogP contribution >= 0.6 is 0 Å². The summed E-state index contributed by atoms with van der Waals surface area (Å²) in [6.45, 7) is 0.645. The number of benzene rings is 1. The van der Waals surface area contributed by atoms with Gasteiger partial charge in [0.05, 0.1) is 5.69 Å². The number of fused-ring (bicyclic) bond motifs is 1. The van der Waals surface area contributed by atoms with E-state index in [1.807, 2.05) is 12.3 Å². The van der Waals surface area contributed by atoms with Gasteiger partial charge in [-0.3, -0.25) is 4.99 Å². The minimum atomic E-state index is 0.284. The number of aliphatic imine (C=N–C) groups is 1. The van der Waals surface area contributed by atoms with Crippen molar-refractivity contribution in [2.45, 2.75) is 12.3 Å². The molecule has 0 saturated carbocycles. The molecule has 0 spiro atoms. The van der Waals surface area contributed by atoms with Gasteiger partial charge in [0.15, 0.2) is 0 Å². The molecule has 1 unspecified atom stereocenters. The Hall–Kier alpha value is -1.35. The molecule has 1 aliphatic rings. The number of nitrogens with two attached hydrogens (primary N) is 1. The van der Waals surface area contributed by atoms with E-state index >= 15 is 0 Å². The molecule has 3 N–H and O–H groups in total. The zero-order valence-corrected chi connectivity index (χ0v) is 7.27. The van der Waals surface area contributed by atoms with Crippen LogP contribution in [0.4, 0.5) is 5.69 Å². The normalized spacial score (nSPS) is 19.0. The van der Waals surface area contributed by atoms with Crippen molar-refractivity contribution in [3.8, 4) is 5.75 Å². The minimum absolute atomic E-state index is 0.284. The number of nitrogens with zero attached hydrogens (tertiary/aromatic N) is 1.